The van der Waals surface area contributed by atoms with Gasteiger partial charge in [-0.2, -0.15) is 0 Å². The normalized spacial score (nSPS) is 31.1. The summed E-state index contributed by atoms with van der Waals surface area (Å²) in [5.74, 6) is -6.01. The maximum atomic E-state index is 11.1. The van der Waals surface area contributed by atoms with Crippen molar-refractivity contribution in [2.24, 2.45) is 0 Å². The first-order valence-electron chi connectivity index (χ1n) is 7.11. The van der Waals surface area contributed by atoms with Gasteiger partial charge in [-0.15, -0.1) is 0 Å². The van der Waals surface area contributed by atoms with Gasteiger partial charge < -0.3 is 45.8 Å². The molecular weight excluding hydrogens is 346 g/mol. The molecule has 25 heavy (non-hydrogen) atoms. The van der Waals surface area contributed by atoms with Crippen LogP contribution in [-0.2, 0) is 19.1 Å². The van der Waals surface area contributed by atoms with E-state index in [2.05, 4.69) is 5.32 Å². The Morgan fingerprint density at radius 2 is 1.72 bits per heavy atom. The van der Waals surface area contributed by atoms with E-state index in [0.717, 1.165) is 13.8 Å². The van der Waals surface area contributed by atoms with E-state index >= 15 is 0 Å². The lowest BCUT2D eigenvalue weighted by Gasteiger charge is -2.44. The highest BCUT2D eigenvalue weighted by atomic mass is 16.7. The zero-order valence-electron chi connectivity index (χ0n) is 13.6. The van der Waals surface area contributed by atoms with E-state index in [9.17, 15) is 30.0 Å². The monoisotopic (exact) mass is 369 g/mol. The van der Waals surface area contributed by atoms with Gasteiger partial charge in [0.25, 0.3) is 11.8 Å². The summed E-state index contributed by atoms with van der Waals surface area (Å²) in [6, 6.07) is -1.27. The molecule has 1 aliphatic heterocycles. The van der Waals surface area contributed by atoms with Gasteiger partial charge in [0, 0.05) is 20.3 Å². The molecule has 0 aromatic heterocycles. The Labute approximate surface area is 142 Å². The van der Waals surface area contributed by atoms with E-state index in [0.29, 0.717) is 0 Å². The Kier molecular flexibility index (Phi) is 8.90. The van der Waals surface area contributed by atoms with Crippen molar-refractivity contribution in [1.82, 2.24) is 5.32 Å². The molecule has 0 aromatic rings. The molecule has 146 valence electrons. The van der Waals surface area contributed by atoms with Crippen molar-refractivity contribution in [1.29, 1.82) is 0 Å². The number of carbonyl (C=O) groups excluding carboxylic acids is 1. The third-order valence-electron chi connectivity index (χ3n) is 3.21. The highest BCUT2D eigenvalue weighted by Crippen LogP contribution is 2.30. The van der Waals surface area contributed by atoms with Crippen molar-refractivity contribution in [3.8, 4) is 0 Å². The molecule has 0 aliphatic carbocycles. The van der Waals surface area contributed by atoms with Crippen LogP contribution < -0.4 is 5.32 Å². The SMILES string of the molecule is CC(=O)N[C@@H]1[C@@H](O)CC(O)(C(=O)O)O[C@H]1C(O)C(O)CO.CC(=O)O. The fraction of sp³-hybridized carbons (Fsp3) is 0.769. The Bertz CT molecular complexity index is 481. The van der Waals surface area contributed by atoms with Gasteiger partial charge in [-0.25, -0.2) is 4.79 Å². The Hall–Kier alpha value is -1.83. The van der Waals surface area contributed by atoms with Crippen molar-refractivity contribution < 1.29 is 54.9 Å². The minimum Gasteiger partial charge on any atom is -0.481 e. The summed E-state index contributed by atoms with van der Waals surface area (Å²) in [6.45, 7) is 1.34. The van der Waals surface area contributed by atoms with Crippen molar-refractivity contribution in [2.45, 2.75) is 56.5 Å². The van der Waals surface area contributed by atoms with Crippen LogP contribution in [0.4, 0.5) is 0 Å². The van der Waals surface area contributed by atoms with E-state index in [1.807, 2.05) is 0 Å². The molecule has 12 heteroatoms. The number of aliphatic hydroxyl groups excluding tert-OH is 4. The Morgan fingerprint density at radius 3 is 2.08 bits per heavy atom. The number of nitrogens with one attached hydrogen (secondary N) is 1. The topological polar surface area (TPSA) is 214 Å². The Morgan fingerprint density at radius 1 is 1.24 bits per heavy atom. The average Bonchev–Trinajstić information content (AvgIpc) is 2.47. The van der Waals surface area contributed by atoms with Crippen molar-refractivity contribution in [3.63, 3.8) is 0 Å². The molecule has 3 unspecified atom stereocenters. The van der Waals surface area contributed by atoms with Crippen LogP contribution in [0.1, 0.15) is 20.3 Å². The summed E-state index contributed by atoms with van der Waals surface area (Å²) in [5, 5.41) is 66.4. The number of rotatable bonds is 5. The van der Waals surface area contributed by atoms with Crippen LogP contribution in [0.25, 0.3) is 0 Å². The average molecular weight is 369 g/mol. The molecule has 1 fully saturated rings. The van der Waals surface area contributed by atoms with E-state index in [-0.39, 0.29) is 0 Å². The highest BCUT2D eigenvalue weighted by molar-refractivity contribution is 5.76. The number of carboxylic acids is 2. The van der Waals surface area contributed by atoms with E-state index in [1.165, 1.54) is 0 Å². The smallest absolute Gasteiger partial charge is 0.364 e. The first kappa shape index (κ1) is 23.2. The quantitative estimate of drug-likeness (QED) is 0.235. The third kappa shape index (κ3) is 6.89. The fourth-order valence-corrected chi connectivity index (χ4v) is 2.14. The second-order valence-electron chi connectivity index (χ2n) is 5.43. The first-order chi connectivity index (χ1) is 11.4. The molecule has 1 saturated heterocycles. The molecule has 1 aliphatic rings. The van der Waals surface area contributed by atoms with Gasteiger partial charge >= 0.3 is 5.97 Å². The lowest BCUT2D eigenvalue weighted by Crippen LogP contribution is -2.67. The maximum Gasteiger partial charge on any atom is 0.364 e. The zero-order chi connectivity index (χ0) is 19.9. The summed E-state index contributed by atoms with van der Waals surface area (Å²) >= 11 is 0. The second kappa shape index (κ2) is 9.60. The summed E-state index contributed by atoms with van der Waals surface area (Å²) in [4.78, 5) is 31.1. The largest absolute Gasteiger partial charge is 0.481 e. The number of amides is 1. The molecule has 0 aromatic carbocycles. The molecule has 0 radical (unpaired) electrons. The highest BCUT2D eigenvalue weighted by Gasteiger charge is 2.53. The number of hydrogen-bond donors (Lipinski definition) is 8. The van der Waals surface area contributed by atoms with Gasteiger partial charge in [0.05, 0.1) is 18.8 Å². The predicted molar refractivity (Wildman–Crippen MR) is 78.1 cm³/mol. The fourth-order valence-electron chi connectivity index (χ4n) is 2.14. The summed E-state index contributed by atoms with van der Waals surface area (Å²) in [5.41, 5.74) is 0. The van der Waals surface area contributed by atoms with E-state index in [4.69, 9.17) is 24.9 Å². The summed E-state index contributed by atoms with van der Waals surface area (Å²) in [6.07, 6.45) is -7.48. The van der Waals surface area contributed by atoms with Crippen LogP contribution in [-0.4, -0.2) is 96.4 Å². The van der Waals surface area contributed by atoms with Crippen LogP contribution >= 0.6 is 0 Å². The molecule has 6 atom stereocenters. The Balaban J connectivity index is 0.00000129. The number of hydrogen-bond acceptors (Lipinski definition) is 9. The lowest BCUT2D eigenvalue weighted by atomic mass is 9.88. The predicted octanol–water partition coefficient (Wildman–Crippen LogP) is -3.78. The molecular formula is C13H23NO11. The third-order valence-corrected chi connectivity index (χ3v) is 3.21. The van der Waals surface area contributed by atoms with E-state index < -0.39 is 67.1 Å². The van der Waals surface area contributed by atoms with Crippen molar-refractivity contribution >= 4 is 17.8 Å². The van der Waals surface area contributed by atoms with Gasteiger partial charge in [0.15, 0.2) is 0 Å². The van der Waals surface area contributed by atoms with Crippen molar-refractivity contribution in [3.05, 3.63) is 0 Å². The molecule has 0 bridgehead atoms. The first-order valence-corrected chi connectivity index (χ1v) is 7.11. The van der Waals surface area contributed by atoms with Crippen molar-refractivity contribution in [2.75, 3.05) is 6.61 Å². The molecule has 12 nitrogen and oxygen atoms in total. The maximum absolute atomic E-state index is 11.1. The summed E-state index contributed by atoms with van der Waals surface area (Å²) in [7, 11) is 0. The number of carboxylic acid groups (broad SMARTS) is 2. The van der Waals surface area contributed by atoms with Crippen LogP contribution in [0.15, 0.2) is 0 Å². The minimum atomic E-state index is -2.78. The number of carbonyl (C=O) groups is 3. The summed E-state index contributed by atoms with van der Waals surface area (Å²) < 4.78 is 4.86. The molecule has 1 amide bonds. The van der Waals surface area contributed by atoms with Gasteiger partial charge in [0.2, 0.25) is 5.91 Å². The van der Waals surface area contributed by atoms with Gasteiger partial charge in [0.1, 0.15) is 18.3 Å². The van der Waals surface area contributed by atoms with Crippen LogP contribution in [0, 0.1) is 0 Å². The van der Waals surface area contributed by atoms with E-state index in [1.54, 1.807) is 0 Å². The molecule has 8 N–H and O–H groups in total. The molecule has 0 saturated carbocycles. The molecule has 1 rings (SSSR count). The molecule has 1 heterocycles. The van der Waals surface area contributed by atoms with Crippen LogP contribution in [0.5, 0.6) is 0 Å². The second-order valence-corrected chi connectivity index (χ2v) is 5.43. The van der Waals surface area contributed by atoms with Gasteiger partial charge in [-0.05, 0) is 0 Å². The number of ether oxygens (including phenoxy) is 1. The standard InChI is InChI=1S/C11H19NO9.C2H4O2/c1-4(14)12-7-5(15)2-11(20,10(18)19)21-9(7)8(17)6(16)3-13;1-2(3)4/h5-9,13,15-17,20H,2-3H2,1H3,(H,12,14)(H,18,19);1H3,(H,3,4)/t5-,6?,7+,8?,9+,11?;/m0./s1. The van der Waals surface area contributed by atoms with Gasteiger partial charge in [-0.3, -0.25) is 9.59 Å². The lowest BCUT2D eigenvalue weighted by molar-refractivity contribution is -0.295. The zero-order valence-corrected chi connectivity index (χ0v) is 13.6. The number of aliphatic hydroxyl groups is 5. The minimum absolute atomic E-state index is 0.598. The van der Waals surface area contributed by atoms with Gasteiger partial charge in [-0.1, -0.05) is 0 Å². The van der Waals surface area contributed by atoms with Crippen LogP contribution in [0.2, 0.25) is 0 Å². The van der Waals surface area contributed by atoms with Crippen LogP contribution in [0.3, 0.4) is 0 Å². The number of aliphatic carboxylic acids is 2. The molecule has 0 spiro atoms.